The standard InChI is InChI=1S/C18H27N7O5S/c1-13-9-25(10-14(2)30-13)31(28,29)24-6-4-22(5-7-24)16(26)11-23-12-19-17-15(18(23)27)8-20-21(17)3/h8,12-14H,4-7,9-11H2,1-3H3/t13-,14-/m1/s1. The number of aromatic nitrogens is 4. The number of hydrogen-bond acceptors (Lipinski definition) is 7. The van der Waals surface area contributed by atoms with Crippen LogP contribution in [0.15, 0.2) is 17.3 Å². The van der Waals surface area contributed by atoms with Crippen LogP contribution in [0.5, 0.6) is 0 Å². The van der Waals surface area contributed by atoms with Crippen molar-refractivity contribution in [3.05, 3.63) is 22.9 Å². The maximum Gasteiger partial charge on any atom is 0.282 e. The fraction of sp³-hybridized carbons (Fsp3) is 0.667. The topological polar surface area (TPSA) is 123 Å². The summed E-state index contributed by atoms with van der Waals surface area (Å²) in [4.78, 5) is 31.1. The molecule has 1 amide bonds. The van der Waals surface area contributed by atoms with Crippen LogP contribution in [-0.2, 0) is 33.3 Å². The average molecular weight is 454 g/mol. The third kappa shape index (κ3) is 4.22. The fourth-order valence-corrected chi connectivity index (χ4v) is 5.82. The molecule has 0 unspecified atom stereocenters. The monoisotopic (exact) mass is 453 g/mol. The van der Waals surface area contributed by atoms with Gasteiger partial charge in [0.1, 0.15) is 18.3 Å². The molecule has 31 heavy (non-hydrogen) atoms. The minimum atomic E-state index is -3.61. The summed E-state index contributed by atoms with van der Waals surface area (Å²) >= 11 is 0. The normalized spacial score (nSPS) is 24.0. The lowest BCUT2D eigenvalue weighted by Crippen LogP contribution is -2.58. The second-order valence-electron chi connectivity index (χ2n) is 8.04. The van der Waals surface area contributed by atoms with Crippen molar-refractivity contribution in [1.82, 2.24) is 32.8 Å². The average Bonchev–Trinajstić information content (AvgIpc) is 3.11. The van der Waals surface area contributed by atoms with E-state index in [0.717, 1.165) is 0 Å². The number of rotatable bonds is 4. The molecule has 2 aliphatic rings. The lowest BCUT2D eigenvalue weighted by molar-refractivity contribution is -0.133. The van der Waals surface area contributed by atoms with E-state index in [1.807, 2.05) is 13.8 Å². The molecule has 2 atom stereocenters. The number of amides is 1. The number of hydrogen-bond donors (Lipinski definition) is 0. The van der Waals surface area contributed by atoms with E-state index in [9.17, 15) is 18.0 Å². The summed E-state index contributed by atoms with van der Waals surface area (Å²) in [5.74, 6) is -0.252. The van der Waals surface area contributed by atoms with Crippen molar-refractivity contribution in [3.8, 4) is 0 Å². The van der Waals surface area contributed by atoms with Gasteiger partial charge in [-0.15, -0.1) is 0 Å². The van der Waals surface area contributed by atoms with Gasteiger partial charge >= 0.3 is 0 Å². The second kappa shape index (κ2) is 8.30. The highest BCUT2D eigenvalue weighted by Crippen LogP contribution is 2.19. The van der Waals surface area contributed by atoms with Crippen LogP contribution in [0.3, 0.4) is 0 Å². The summed E-state index contributed by atoms with van der Waals surface area (Å²) in [6.07, 6.45) is 2.45. The lowest BCUT2D eigenvalue weighted by Gasteiger charge is -2.40. The van der Waals surface area contributed by atoms with Gasteiger partial charge in [-0.3, -0.25) is 18.8 Å². The lowest BCUT2D eigenvalue weighted by atomic mass is 10.3. The van der Waals surface area contributed by atoms with Gasteiger partial charge in [0.05, 0.1) is 18.4 Å². The molecule has 2 aromatic heterocycles. The van der Waals surface area contributed by atoms with E-state index in [0.29, 0.717) is 24.1 Å². The number of fused-ring (bicyclic) bond motifs is 1. The molecule has 2 saturated heterocycles. The molecule has 4 heterocycles. The van der Waals surface area contributed by atoms with Gasteiger partial charge in [-0.2, -0.15) is 22.1 Å². The van der Waals surface area contributed by atoms with Crippen molar-refractivity contribution in [3.63, 3.8) is 0 Å². The first-order valence-corrected chi connectivity index (χ1v) is 11.6. The highest BCUT2D eigenvalue weighted by molar-refractivity contribution is 7.86. The first kappa shape index (κ1) is 21.9. The Morgan fingerprint density at radius 2 is 1.77 bits per heavy atom. The largest absolute Gasteiger partial charge is 0.373 e. The van der Waals surface area contributed by atoms with Crippen molar-refractivity contribution in [2.45, 2.75) is 32.6 Å². The SMILES string of the molecule is C[C@@H]1CN(S(=O)(=O)N2CCN(C(=O)Cn3cnc4c(cnn4C)c3=O)CC2)C[C@@H](C)O1. The van der Waals surface area contributed by atoms with Gasteiger partial charge in [0.2, 0.25) is 5.91 Å². The maximum absolute atomic E-state index is 13.0. The van der Waals surface area contributed by atoms with Crippen LogP contribution in [0, 0.1) is 0 Å². The highest BCUT2D eigenvalue weighted by atomic mass is 32.2. The Kier molecular flexibility index (Phi) is 5.85. The first-order chi connectivity index (χ1) is 14.7. The number of carbonyl (C=O) groups excluding carboxylic acids is 1. The predicted octanol–water partition coefficient (Wildman–Crippen LogP) is -1.37. The van der Waals surface area contributed by atoms with Crippen LogP contribution >= 0.6 is 0 Å². The molecule has 0 aliphatic carbocycles. The molecule has 13 heteroatoms. The highest BCUT2D eigenvalue weighted by Gasteiger charge is 2.37. The molecule has 170 valence electrons. The van der Waals surface area contributed by atoms with Gasteiger partial charge in [0.25, 0.3) is 15.8 Å². The van der Waals surface area contributed by atoms with Crippen LogP contribution in [0.4, 0.5) is 0 Å². The van der Waals surface area contributed by atoms with E-state index >= 15 is 0 Å². The van der Waals surface area contributed by atoms with Gasteiger partial charge in [-0.1, -0.05) is 0 Å². The molecule has 0 aromatic carbocycles. The number of piperazine rings is 1. The molecule has 4 rings (SSSR count). The maximum atomic E-state index is 13.0. The molecule has 0 saturated carbocycles. The van der Waals surface area contributed by atoms with Gasteiger partial charge < -0.3 is 9.64 Å². The Balaban J connectivity index is 1.39. The van der Waals surface area contributed by atoms with Crippen molar-refractivity contribution >= 4 is 27.1 Å². The molecule has 0 N–H and O–H groups in total. The first-order valence-electron chi connectivity index (χ1n) is 10.2. The Morgan fingerprint density at radius 1 is 1.13 bits per heavy atom. The van der Waals surface area contributed by atoms with Crippen molar-refractivity contribution in [1.29, 1.82) is 0 Å². The minimum Gasteiger partial charge on any atom is -0.373 e. The molecule has 12 nitrogen and oxygen atoms in total. The number of nitrogens with zero attached hydrogens (tertiary/aromatic N) is 7. The van der Waals surface area contributed by atoms with E-state index in [2.05, 4.69) is 10.1 Å². The minimum absolute atomic E-state index is 0.151. The summed E-state index contributed by atoms with van der Waals surface area (Å²) in [5.41, 5.74) is 0.127. The van der Waals surface area contributed by atoms with Crippen molar-refractivity contribution in [2.75, 3.05) is 39.3 Å². The summed E-state index contributed by atoms with van der Waals surface area (Å²) in [5, 5.41) is 4.37. The second-order valence-corrected chi connectivity index (χ2v) is 9.97. The van der Waals surface area contributed by atoms with Crippen LogP contribution in [0.25, 0.3) is 11.0 Å². The molecular formula is C18H27N7O5S. The summed E-state index contributed by atoms with van der Waals surface area (Å²) in [6.45, 7) is 5.16. The van der Waals surface area contributed by atoms with Gasteiger partial charge in [-0.25, -0.2) is 4.98 Å². The summed E-state index contributed by atoms with van der Waals surface area (Å²) in [6, 6.07) is 0. The van der Waals surface area contributed by atoms with Gasteiger partial charge in [0, 0.05) is 46.3 Å². The zero-order chi connectivity index (χ0) is 22.3. The fourth-order valence-electron chi connectivity index (χ4n) is 4.08. The number of aryl methyl sites for hydroxylation is 1. The van der Waals surface area contributed by atoms with Gasteiger partial charge in [0.15, 0.2) is 5.65 Å². The Hall–Kier alpha value is -2.35. The molecule has 2 aromatic rings. The Bertz CT molecular complexity index is 1130. The quantitative estimate of drug-likeness (QED) is 0.560. The van der Waals surface area contributed by atoms with Crippen LogP contribution in [0.2, 0.25) is 0 Å². The number of morpholine rings is 1. The van der Waals surface area contributed by atoms with E-state index in [4.69, 9.17) is 4.74 Å². The van der Waals surface area contributed by atoms with Crippen LogP contribution in [0.1, 0.15) is 13.8 Å². The molecule has 0 bridgehead atoms. The summed E-state index contributed by atoms with van der Waals surface area (Å²) < 4.78 is 37.3. The Morgan fingerprint density at radius 3 is 2.42 bits per heavy atom. The third-order valence-electron chi connectivity index (χ3n) is 5.65. The predicted molar refractivity (Wildman–Crippen MR) is 111 cm³/mol. The summed E-state index contributed by atoms with van der Waals surface area (Å²) in [7, 11) is -1.92. The smallest absolute Gasteiger partial charge is 0.282 e. The third-order valence-corrected chi connectivity index (χ3v) is 7.62. The van der Waals surface area contributed by atoms with Crippen molar-refractivity contribution in [2.24, 2.45) is 7.05 Å². The molecule has 2 fully saturated rings. The van der Waals surface area contributed by atoms with E-state index in [1.165, 1.54) is 30.4 Å². The molecular weight excluding hydrogens is 426 g/mol. The van der Waals surface area contributed by atoms with E-state index < -0.39 is 10.2 Å². The number of carbonyl (C=O) groups is 1. The zero-order valence-electron chi connectivity index (χ0n) is 17.8. The Labute approximate surface area is 180 Å². The zero-order valence-corrected chi connectivity index (χ0v) is 18.7. The van der Waals surface area contributed by atoms with Crippen LogP contribution < -0.4 is 5.56 Å². The molecule has 2 aliphatic heterocycles. The molecule has 0 spiro atoms. The van der Waals surface area contributed by atoms with E-state index in [-0.39, 0.29) is 56.4 Å². The van der Waals surface area contributed by atoms with Crippen LogP contribution in [-0.4, -0.2) is 98.6 Å². The van der Waals surface area contributed by atoms with E-state index in [1.54, 1.807) is 11.9 Å². The number of ether oxygens (including phenoxy) is 1. The van der Waals surface area contributed by atoms with Crippen molar-refractivity contribution < 1.29 is 17.9 Å². The molecule has 0 radical (unpaired) electrons. The van der Waals surface area contributed by atoms with Gasteiger partial charge in [-0.05, 0) is 13.8 Å².